The first-order valence-electron chi connectivity index (χ1n) is 15.8. The molecule has 0 spiro atoms. The number of hydrogen-bond donors (Lipinski definition) is 4. The van der Waals surface area contributed by atoms with E-state index in [1.165, 1.54) is 31.9 Å². The molecule has 4 N–H and O–H groups in total. The van der Waals surface area contributed by atoms with Gasteiger partial charge in [-0.25, -0.2) is 0 Å². The monoisotopic (exact) mass is 700 g/mol. The number of benzene rings is 5. The minimum absolute atomic E-state index is 0.00306. The minimum Gasteiger partial charge on any atom is -0.497 e. The van der Waals surface area contributed by atoms with Gasteiger partial charge >= 0.3 is 0 Å². The molecule has 10 nitrogen and oxygen atoms in total. The Labute approximate surface area is 300 Å². The van der Waals surface area contributed by atoms with Crippen molar-refractivity contribution in [2.45, 2.75) is 17.1 Å². The number of methoxy groups -OCH3 is 2. The third-order valence-corrected chi connectivity index (χ3v) is 8.71. The van der Waals surface area contributed by atoms with Crippen LogP contribution in [-0.4, -0.2) is 37.8 Å². The Morgan fingerprint density at radius 1 is 0.667 bits per heavy atom. The highest BCUT2D eigenvalue weighted by Crippen LogP contribution is 2.37. The maximum atomic E-state index is 13.7. The maximum absolute atomic E-state index is 13.7. The lowest BCUT2D eigenvalue weighted by molar-refractivity contribution is -0.116. The van der Waals surface area contributed by atoms with E-state index in [1.807, 2.05) is 42.5 Å². The number of carbonyl (C=O) groups is 4. The average Bonchev–Trinajstić information content (AvgIpc) is 3.15. The van der Waals surface area contributed by atoms with Gasteiger partial charge in [-0.05, 0) is 84.4 Å². The van der Waals surface area contributed by atoms with Crippen LogP contribution in [0.1, 0.15) is 33.7 Å². The second-order valence-corrected chi connectivity index (χ2v) is 12.3. The van der Waals surface area contributed by atoms with Gasteiger partial charge in [0, 0.05) is 46.1 Å². The number of thioether (sulfide) groups is 1. The third-order valence-electron chi connectivity index (χ3n) is 7.45. The van der Waals surface area contributed by atoms with Crippen molar-refractivity contribution in [2.24, 2.45) is 0 Å². The van der Waals surface area contributed by atoms with Crippen molar-refractivity contribution in [2.75, 3.05) is 30.2 Å². The predicted octanol–water partition coefficient (Wildman–Crippen LogP) is 7.54. The van der Waals surface area contributed by atoms with Gasteiger partial charge in [-0.1, -0.05) is 48.5 Å². The van der Waals surface area contributed by atoms with Crippen LogP contribution in [0.2, 0.25) is 0 Å². The molecular weight excluding hydrogens is 665 g/mol. The van der Waals surface area contributed by atoms with Crippen LogP contribution in [0.5, 0.6) is 11.5 Å². The van der Waals surface area contributed by atoms with Crippen LogP contribution in [0.15, 0.2) is 138 Å². The van der Waals surface area contributed by atoms with Gasteiger partial charge in [0.15, 0.2) is 0 Å². The summed E-state index contributed by atoms with van der Waals surface area (Å²) in [5.74, 6) is -0.388. The second-order valence-electron chi connectivity index (χ2n) is 11.1. The summed E-state index contributed by atoms with van der Waals surface area (Å²) in [7, 11) is 3.05. The van der Waals surface area contributed by atoms with Crippen LogP contribution in [0.4, 0.5) is 17.1 Å². The van der Waals surface area contributed by atoms with Gasteiger partial charge in [-0.3, -0.25) is 19.2 Å². The summed E-state index contributed by atoms with van der Waals surface area (Å²) < 4.78 is 10.8. The predicted molar refractivity (Wildman–Crippen MR) is 201 cm³/mol. The smallest absolute Gasteiger partial charge is 0.272 e. The third kappa shape index (κ3) is 10.1. The average molecular weight is 701 g/mol. The lowest BCUT2D eigenvalue weighted by Crippen LogP contribution is -2.30. The number of amides is 4. The van der Waals surface area contributed by atoms with Gasteiger partial charge in [-0.15, -0.1) is 11.8 Å². The van der Waals surface area contributed by atoms with Gasteiger partial charge in [0.05, 0.1) is 14.2 Å². The van der Waals surface area contributed by atoms with Crippen molar-refractivity contribution in [1.29, 1.82) is 0 Å². The molecular formula is C40H36N4O6S. The molecule has 4 amide bonds. The number of hydrogen-bond acceptors (Lipinski definition) is 7. The first-order valence-corrected chi connectivity index (χ1v) is 16.7. The highest BCUT2D eigenvalue weighted by molar-refractivity contribution is 8.00. The van der Waals surface area contributed by atoms with Crippen molar-refractivity contribution in [3.8, 4) is 11.5 Å². The Morgan fingerprint density at radius 3 is 1.86 bits per heavy atom. The molecule has 0 aromatic heterocycles. The van der Waals surface area contributed by atoms with Gasteiger partial charge in [0.2, 0.25) is 11.8 Å². The standard InChI is InChI=1S/C40H36N4O6S/c1-26(45)41-30-15-17-31(18-16-30)43-40(48)37(27-10-6-4-7-11-27)51-34-22-19-32(20-23-34)42-39(47)35(44-38(46)28-12-8-5-9-13-28)24-29-14-21-33(49-2)25-36(29)50-3/h4-25,37H,1-3H3,(H,41,45)(H,42,47)(H,43,48)(H,44,46)/b35-24-. The summed E-state index contributed by atoms with van der Waals surface area (Å²) in [5, 5.41) is 10.7. The lowest BCUT2D eigenvalue weighted by atomic mass is 10.1. The molecule has 0 aliphatic rings. The fraction of sp³-hybridized carbons (Fsp3) is 0.100. The van der Waals surface area contributed by atoms with E-state index in [-0.39, 0.29) is 17.5 Å². The number of rotatable bonds is 13. The molecule has 0 fully saturated rings. The Bertz CT molecular complexity index is 2020. The van der Waals surface area contributed by atoms with Crippen molar-refractivity contribution < 1.29 is 28.7 Å². The van der Waals surface area contributed by atoms with Crippen molar-refractivity contribution in [3.05, 3.63) is 150 Å². The Morgan fingerprint density at radius 2 is 1.25 bits per heavy atom. The summed E-state index contributed by atoms with van der Waals surface area (Å²) >= 11 is 1.36. The number of anilines is 3. The van der Waals surface area contributed by atoms with Gasteiger partial charge in [0.1, 0.15) is 22.4 Å². The molecule has 0 heterocycles. The zero-order valence-corrected chi connectivity index (χ0v) is 29.0. The second kappa shape index (κ2) is 17.4. The molecule has 0 aliphatic heterocycles. The zero-order valence-electron chi connectivity index (χ0n) is 28.1. The van der Waals surface area contributed by atoms with E-state index in [1.54, 1.807) is 92.0 Å². The van der Waals surface area contributed by atoms with Crippen LogP contribution in [0, 0.1) is 0 Å². The molecule has 0 saturated heterocycles. The quantitative estimate of drug-likeness (QED) is 0.0736. The molecule has 0 radical (unpaired) electrons. The topological polar surface area (TPSA) is 135 Å². The summed E-state index contributed by atoms with van der Waals surface area (Å²) in [6.45, 7) is 1.43. The number of carbonyl (C=O) groups excluding carboxylic acids is 4. The largest absolute Gasteiger partial charge is 0.497 e. The Hall–Kier alpha value is -6.33. The molecule has 5 aromatic rings. The fourth-order valence-electron chi connectivity index (χ4n) is 4.94. The van der Waals surface area contributed by atoms with Gasteiger partial charge < -0.3 is 30.7 Å². The molecule has 5 aromatic carbocycles. The molecule has 0 bridgehead atoms. The van der Waals surface area contributed by atoms with E-state index in [0.717, 1.165) is 10.5 Å². The fourth-order valence-corrected chi connectivity index (χ4v) is 5.96. The Balaban J connectivity index is 1.34. The van der Waals surface area contributed by atoms with Crippen LogP contribution in [-0.2, 0) is 14.4 Å². The van der Waals surface area contributed by atoms with Crippen LogP contribution in [0.25, 0.3) is 6.08 Å². The van der Waals surface area contributed by atoms with Crippen LogP contribution < -0.4 is 30.7 Å². The molecule has 1 unspecified atom stereocenters. The zero-order chi connectivity index (χ0) is 36.2. The molecule has 0 aliphatic carbocycles. The van der Waals surface area contributed by atoms with Crippen molar-refractivity contribution in [3.63, 3.8) is 0 Å². The first kappa shape index (κ1) is 36.0. The van der Waals surface area contributed by atoms with E-state index in [9.17, 15) is 19.2 Å². The first-order chi connectivity index (χ1) is 24.7. The van der Waals surface area contributed by atoms with E-state index in [4.69, 9.17) is 9.47 Å². The normalized spacial score (nSPS) is 11.5. The molecule has 11 heteroatoms. The van der Waals surface area contributed by atoms with E-state index in [2.05, 4.69) is 21.3 Å². The summed E-state index contributed by atoms with van der Waals surface area (Å²) in [5.41, 5.74) is 3.44. The van der Waals surface area contributed by atoms with Gasteiger partial charge in [-0.2, -0.15) is 0 Å². The Kier molecular flexibility index (Phi) is 12.2. The van der Waals surface area contributed by atoms with Crippen LogP contribution >= 0.6 is 11.8 Å². The summed E-state index contributed by atoms with van der Waals surface area (Å²) in [6.07, 6.45) is 1.54. The summed E-state index contributed by atoms with van der Waals surface area (Å²) in [6, 6.07) is 37.1. The maximum Gasteiger partial charge on any atom is 0.272 e. The summed E-state index contributed by atoms with van der Waals surface area (Å²) in [4.78, 5) is 52.5. The molecule has 258 valence electrons. The number of ether oxygens (including phenoxy) is 2. The highest BCUT2D eigenvalue weighted by Gasteiger charge is 2.23. The van der Waals surface area contributed by atoms with Crippen molar-refractivity contribution >= 4 is 58.5 Å². The minimum atomic E-state index is -0.594. The van der Waals surface area contributed by atoms with E-state index in [0.29, 0.717) is 39.7 Å². The van der Waals surface area contributed by atoms with E-state index >= 15 is 0 Å². The van der Waals surface area contributed by atoms with Crippen molar-refractivity contribution in [1.82, 2.24) is 5.32 Å². The molecule has 5 rings (SSSR count). The number of nitrogens with one attached hydrogen (secondary N) is 4. The SMILES string of the molecule is COc1ccc(/C=C(\NC(=O)c2ccccc2)C(=O)Nc2ccc(SC(C(=O)Nc3ccc(NC(C)=O)cc3)c3ccccc3)cc2)c(OC)c1. The van der Waals surface area contributed by atoms with Crippen LogP contribution in [0.3, 0.4) is 0 Å². The molecule has 51 heavy (non-hydrogen) atoms. The molecule has 1 atom stereocenters. The van der Waals surface area contributed by atoms with Gasteiger partial charge in [0.25, 0.3) is 11.8 Å². The lowest BCUT2D eigenvalue weighted by Gasteiger charge is -2.18. The van der Waals surface area contributed by atoms with E-state index < -0.39 is 17.1 Å². The molecule has 0 saturated carbocycles. The highest BCUT2D eigenvalue weighted by atomic mass is 32.2.